The summed E-state index contributed by atoms with van der Waals surface area (Å²) in [6.07, 6.45) is 5.51. The van der Waals surface area contributed by atoms with Crippen molar-refractivity contribution < 1.29 is 4.74 Å². The highest BCUT2D eigenvalue weighted by Gasteiger charge is 2.19. The minimum atomic E-state index is 0.00879. The number of aromatic amines is 1. The molecule has 0 amide bonds. The summed E-state index contributed by atoms with van der Waals surface area (Å²) in [5.74, 6) is 0. The van der Waals surface area contributed by atoms with Gasteiger partial charge in [0, 0.05) is 31.5 Å². The van der Waals surface area contributed by atoms with Crippen LogP contribution in [0.25, 0.3) is 0 Å². The molecule has 1 aromatic rings. The number of fused-ring (bicyclic) bond motifs is 1. The van der Waals surface area contributed by atoms with E-state index in [1.165, 1.54) is 5.56 Å². The Morgan fingerprint density at radius 2 is 2.33 bits per heavy atom. The molecule has 1 atom stereocenters. The van der Waals surface area contributed by atoms with E-state index in [1.807, 2.05) is 6.07 Å². The minimum absolute atomic E-state index is 0.00879. The van der Waals surface area contributed by atoms with Crippen LogP contribution in [-0.2, 0) is 11.2 Å². The molecule has 0 fully saturated rings. The van der Waals surface area contributed by atoms with Gasteiger partial charge in [-0.25, -0.2) is 0 Å². The first kappa shape index (κ1) is 13.3. The van der Waals surface area contributed by atoms with Crippen molar-refractivity contribution in [1.82, 2.24) is 10.3 Å². The first-order valence-corrected chi connectivity index (χ1v) is 6.75. The zero-order valence-corrected chi connectivity index (χ0v) is 11.0. The molecule has 1 unspecified atom stereocenters. The van der Waals surface area contributed by atoms with Crippen LogP contribution in [0.5, 0.6) is 0 Å². The maximum absolute atomic E-state index is 11.3. The van der Waals surface area contributed by atoms with Gasteiger partial charge in [-0.1, -0.05) is 6.07 Å². The number of nitrogens with one attached hydrogen (secondary N) is 2. The van der Waals surface area contributed by atoms with Crippen LogP contribution in [0.2, 0.25) is 0 Å². The number of ether oxygens (including phenoxy) is 1. The smallest absolute Gasteiger partial charge is 0.248 e. The third kappa shape index (κ3) is 3.43. The van der Waals surface area contributed by atoms with Gasteiger partial charge in [-0.3, -0.25) is 4.79 Å². The standard InChI is InChI=1S/C14H22N2O2/c1-18-10-3-2-9-15-12-5-4-6-13-11(12)7-8-14(17)16-13/h7-8,12,15H,2-6,9-10H2,1H3,(H,16,17). The Kier molecular flexibility index (Phi) is 4.96. The number of rotatable bonds is 6. The van der Waals surface area contributed by atoms with Crippen LogP contribution >= 0.6 is 0 Å². The second-order valence-corrected chi connectivity index (χ2v) is 4.86. The summed E-state index contributed by atoms with van der Waals surface area (Å²) in [7, 11) is 1.74. The van der Waals surface area contributed by atoms with E-state index < -0.39 is 0 Å². The largest absolute Gasteiger partial charge is 0.385 e. The van der Waals surface area contributed by atoms with Crippen LogP contribution in [0.1, 0.15) is 43.0 Å². The Balaban J connectivity index is 1.89. The van der Waals surface area contributed by atoms with Crippen molar-refractivity contribution in [2.75, 3.05) is 20.3 Å². The van der Waals surface area contributed by atoms with Gasteiger partial charge < -0.3 is 15.0 Å². The Morgan fingerprint density at radius 3 is 3.17 bits per heavy atom. The number of hydrogen-bond acceptors (Lipinski definition) is 3. The SMILES string of the molecule is COCCCCNC1CCCc2[nH]c(=O)ccc21. The van der Waals surface area contributed by atoms with Crippen molar-refractivity contribution >= 4 is 0 Å². The molecule has 0 aliphatic heterocycles. The molecule has 0 aromatic carbocycles. The van der Waals surface area contributed by atoms with E-state index in [2.05, 4.69) is 10.3 Å². The molecule has 0 saturated carbocycles. The first-order valence-electron chi connectivity index (χ1n) is 6.75. The summed E-state index contributed by atoms with van der Waals surface area (Å²) in [6, 6.07) is 4.00. The van der Waals surface area contributed by atoms with Crippen molar-refractivity contribution in [1.29, 1.82) is 0 Å². The maximum Gasteiger partial charge on any atom is 0.248 e. The van der Waals surface area contributed by atoms with Crippen LogP contribution in [-0.4, -0.2) is 25.2 Å². The fraction of sp³-hybridized carbons (Fsp3) is 0.643. The number of aryl methyl sites for hydroxylation is 1. The van der Waals surface area contributed by atoms with Crippen LogP contribution in [0.15, 0.2) is 16.9 Å². The average molecular weight is 250 g/mol. The van der Waals surface area contributed by atoms with Gasteiger partial charge in [0.25, 0.3) is 0 Å². The fourth-order valence-corrected chi connectivity index (χ4v) is 2.56. The van der Waals surface area contributed by atoms with E-state index in [0.29, 0.717) is 6.04 Å². The highest BCUT2D eigenvalue weighted by Crippen LogP contribution is 2.27. The summed E-state index contributed by atoms with van der Waals surface area (Å²) in [5.41, 5.74) is 2.39. The molecule has 2 N–H and O–H groups in total. The molecular formula is C14H22N2O2. The molecule has 0 radical (unpaired) electrons. The summed E-state index contributed by atoms with van der Waals surface area (Å²) in [6.45, 7) is 1.84. The highest BCUT2D eigenvalue weighted by molar-refractivity contribution is 5.26. The van der Waals surface area contributed by atoms with E-state index in [-0.39, 0.29) is 5.56 Å². The first-order chi connectivity index (χ1) is 8.81. The molecule has 1 aromatic heterocycles. The Hall–Kier alpha value is -1.13. The topological polar surface area (TPSA) is 54.1 Å². The van der Waals surface area contributed by atoms with Gasteiger partial charge in [-0.05, 0) is 44.2 Å². The van der Waals surface area contributed by atoms with Gasteiger partial charge in [0.05, 0.1) is 0 Å². The number of pyridine rings is 1. The van der Waals surface area contributed by atoms with Gasteiger partial charge in [0.1, 0.15) is 0 Å². The number of methoxy groups -OCH3 is 1. The highest BCUT2D eigenvalue weighted by atomic mass is 16.5. The number of H-pyrrole nitrogens is 1. The quantitative estimate of drug-likeness (QED) is 0.757. The van der Waals surface area contributed by atoms with Crippen molar-refractivity contribution in [3.05, 3.63) is 33.7 Å². The van der Waals surface area contributed by atoms with E-state index in [1.54, 1.807) is 13.2 Å². The van der Waals surface area contributed by atoms with Crippen LogP contribution in [0, 0.1) is 0 Å². The van der Waals surface area contributed by atoms with E-state index in [4.69, 9.17) is 4.74 Å². The number of hydrogen-bond donors (Lipinski definition) is 2. The van der Waals surface area contributed by atoms with Gasteiger partial charge in [0.15, 0.2) is 0 Å². The maximum atomic E-state index is 11.3. The predicted molar refractivity (Wildman–Crippen MR) is 71.9 cm³/mol. The zero-order chi connectivity index (χ0) is 12.8. The van der Waals surface area contributed by atoms with Crippen molar-refractivity contribution in [3.63, 3.8) is 0 Å². The van der Waals surface area contributed by atoms with E-state index in [0.717, 1.165) is 50.9 Å². The molecule has 4 heteroatoms. The molecule has 2 rings (SSSR count). The Morgan fingerprint density at radius 1 is 1.44 bits per heavy atom. The molecule has 1 aliphatic rings. The van der Waals surface area contributed by atoms with Gasteiger partial charge >= 0.3 is 0 Å². The molecular weight excluding hydrogens is 228 g/mol. The molecule has 1 heterocycles. The van der Waals surface area contributed by atoms with E-state index in [9.17, 15) is 4.79 Å². The molecule has 0 spiro atoms. The second-order valence-electron chi connectivity index (χ2n) is 4.86. The predicted octanol–water partition coefficient (Wildman–Crippen LogP) is 1.77. The summed E-state index contributed by atoms with van der Waals surface area (Å²) < 4.78 is 5.04. The van der Waals surface area contributed by atoms with Crippen molar-refractivity contribution in [2.24, 2.45) is 0 Å². The van der Waals surface area contributed by atoms with Gasteiger partial charge in [-0.2, -0.15) is 0 Å². The van der Waals surface area contributed by atoms with Crippen LogP contribution in [0.4, 0.5) is 0 Å². The zero-order valence-electron chi connectivity index (χ0n) is 11.0. The van der Waals surface area contributed by atoms with E-state index >= 15 is 0 Å². The van der Waals surface area contributed by atoms with Crippen molar-refractivity contribution in [3.8, 4) is 0 Å². The molecule has 0 saturated heterocycles. The average Bonchev–Trinajstić information content (AvgIpc) is 2.38. The number of aromatic nitrogens is 1. The lowest BCUT2D eigenvalue weighted by Crippen LogP contribution is -2.28. The summed E-state index contributed by atoms with van der Waals surface area (Å²) in [4.78, 5) is 14.2. The van der Waals surface area contributed by atoms with Gasteiger partial charge in [-0.15, -0.1) is 0 Å². The lowest BCUT2D eigenvalue weighted by atomic mass is 9.91. The van der Waals surface area contributed by atoms with Crippen LogP contribution in [0.3, 0.4) is 0 Å². The molecule has 0 bridgehead atoms. The van der Waals surface area contributed by atoms with Crippen molar-refractivity contribution in [2.45, 2.75) is 38.1 Å². The molecule has 100 valence electrons. The normalized spacial score (nSPS) is 18.6. The fourth-order valence-electron chi connectivity index (χ4n) is 2.56. The lowest BCUT2D eigenvalue weighted by molar-refractivity contribution is 0.192. The third-order valence-electron chi connectivity index (χ3n) is 3.50. The Labute approximate surface area is 108 Å². The summed E-state index contributed by atoms with van der Waals surface area (Å²) in [5, 5.41) is 3.58. The van der Waals surface area contributed by atoms with Crippen LogP contribution < -0.4 is 10.9 Å². The summed E-state index contributed by atoms with van der Waals surface area (Å²) >= 11 is 0. The van der Waals surface area contributed by atoms with Gasteiger partial charge in [0.2, 0.25) is 5.56 Å². The number of unbranched alkanes of at least 4 members (excludes halogenated alkanes) is 1. The lowest BCUT2D eigenvalue weighted by Gasteiger charge is -2.26. The second kappa shape index (κ2) is 6.71. The minimum Gasteiger partial charge on any atom is -0.385 e. The monoisotopic (exact) mass is 250 g/mol. The third-order valence-corrected chi connectivity index (χ3v) is 3.50. The molecule has 1 aliphatic carbocycles. The molecule has 4 nitrogen and oxygen atoms in total. The molecule has 18 heavy (non-hydrogen) atoms. The Bertz CT molecular complexity index is 428.